The summed E-state index contributed by atoms with van der Waals surface area (Å²) in [7, 11) is 0. The Bertz CT molecular complexity index is 1260. The van der Waals surface area contributed by atoms with E-state index >= 15 is 0 Å². The van der Waals surface area contributed by atoms with Gasteiger partial charge >= 0.3 is 5.97 Å². The molecule has 1 heterocycles. The smallest absolute Gasteiger partial charge is 0.352 e. The molecule has 0 bridgehead atoms. The normalized spacial score (nSPS) is 11.4. The van der Waals surface area contributed by atoms with Gasteiger partial charge in [-0.3, -0.25) is 9.36 Å². The molecule has 0 aliphatic rings. The third-order valence-corrected chi connectivity index (χ3v) is 5.04. The van der Waals surface area contributed by atoms with E-state index in [0.29, 0.717) is 16.3 Å². The number of carboxylic acids is 1. The summed E-state index contributed by atoms with van der Waals surface area (Å²) in [5, 5.41) is 13.3. The van der Waals surface area contributed by atoms with Crippen LogP contribution in [0.2, 0.25) is 5.15 Å². The highest BCUT2D eigenvalue weighted by Gasteiger charge is 2.19. The van der Waals surface area contributed by atoms with Crippen LogP contribution in [0, 0.1) is 0 Å². The first-order valence-corrected chi connectivity index (χ1v) is 9.60. The highest BCUT2D eigenvalue weighted by atomic mass is 35.5. The highest BCUT2D eigenvalue weighted by molar-refractivity contribution is 6.33. The van der Waals surface area contributed by atoms with E-state index in [9.17, 15) is 14.7 Å². The molecule has 0 spiro atoms. The average molecular weight is 417 g/mol. The van der Waals surface area contributed by atoms with Gasteiger partial charge in [0.2, 0.25) is 0 Å². The van der Waals surface area contributed by atoms with Gasteiger partial charge in [-0.05, 0) is 36.4 Å². The Morgan fingerprint density at radius 3 is 2.13 bits per heavy atom. The van der Waals surface area contributed by atoms with Crippen LogP contribution in [0.1, 0.15) is 15.9 Å². The lowest BCUT2D eigenvalue weighted by atomic mass is 10.1. The number of halogens is 1. The molecule has 4 aromatic rings. The van der Waals surface area contributed by atoms with Crippen LogP contribution in [-0.2, 0) is 4.79 Å². The van der Waals surface area contributed by atoms with Gasteiger partial charge in [0.15, 0.2) is 0 Å². The molecule has 2 N–H and O–H groups in total. The molecular formula is C24H17ClN2O3. The van der Waals surface area contributed by atoms with Gasteiger partial charge in [-0.15, -0.1) is 0 Å². The van der Waals surface area contributed by atoms with Crippen LogP contribution in [0.3, 0.4) is 0 Å². The second-order valence-corrected chi connectivity index (χ2v) is 6.93. The molecule has 0 aliphatic heterocycles. The van der Waals surface area contributed by atoms with Gasteiger partial charge in [0.25, 0.3) is 5.91 Å². The first kappa shape index (κ1) is 19.5. The number of hydrogen-bond donors (Lipinski definition) is 2. The van der Waals surface area contributed by atoms with Gasteiger partial charge in [0.05, 0.1) is 5.52 Å². The van der Waals surface area contributed by atoms with Crippen molar-refractivity contribution in [3.8, 4) is 5.69 Å². The van der Waals surface area contributed by atoms with E-state index in [-0.39, 0.29) is 5.70 Å². The van der Waals surface area contributed by atoms with Gasteiger partial charge < -0.3 is 10.4 Å². The van der Waals surface area contributed by atoms with Crippen LogP contribution in [0.4, 0.5) is 0 Å². The zero-order valence-corrected chi connectivity index (χ0v) is 16.5. The number of aliphatic carboxylic acids is 1. The van der Waals surface area contributed by atoms with E-state index in [0.717, 1.165) is 16.6 Å². The lowest BCUT2D eigenvalue weighted by Gasteiger charge is -2.07. The van der Waals surface area contributed by atoms with Crippen LogP contribution in [0.25, 0.3) is 22.7 Å². The third-order valence-electron chi connectivity index (χ3n) is 4.67. The minimum Gasteiger partial charge on any atom is -0.477 e. The number of nitrogens with zero attached hydrogens (tertiary/aromatic N) is 1. The van der Waals surface area contributed by atoms with Crippen LogP contribution in [0.5, 0.6) is 0 Å². The number of benzene rings is 3. The fraction of sp³-hybridized carbons (Fsp3) is 0. The quantitative estimate of drug-likeness (QED) is 0.442. The molecule has 0 saturated heterocycles. The maximum absolute atomic E-state index is 12.5. The van der Waals surface area contributed by atoms with Crippen LogP contribution in [-0.4, -0.2) is 21.6 Å². The van der Waals surface area contributed by atoms with Crippen molar-refractivity contribution in [3.63, 3.8) is 0 Å². The van der Waals surface area contributed by atoms with Crippen LogP contribution in [0.15, 0.2) is 90.6 Å². The number of carbonyl (C=O) groups is 2. The number of rotatable bonds is 5. The van der Waals surface area contributed by atoms with E-state index in [1.165, 1.54) is 6.08 Å². The average Bonchev–Trinajstić information content (AvgIpc) is 3.05. The Kier molecular flexibility index (Phi) is 5.37. The number of hydrogen-bond acceptors (Lipinski definition) is 2. The number of aromatic nitrogens is 1. The van der Waals surface area contributed by atoms with E-state index in [4.69, 9.17) is 11.6 Å². The molecule has 6 heteroatoms. The molecule has 0 fully saturated rings. The number of fused-ring (bicyclic) bond motifs is 1. The van der Waals surface area contributed by atoms with Crippen molar-refractivity contribution in [2.75, 3.05) is 0 Å². The molecule has 148 valence electrons. The summed E-state index contributed by atoms with van der Waals surface area (Å²) >= 11 is 6.70. The Labute approximate surface area is 177 Å². The largest absolute Gasteiger partial charge is 0.477 e. The monoisotopic (exact) mass is 416 g/mol. The summed E-state index contributed by atoms with van der Waals surface area (Å²) in [6.45, 7) is 0. The SMILES string of the molecule is O=C(O)/C(=C\c1c(Cl)n(-c2ccccc2)c2ccccc12)NC(=O)c1ccccc1. The van der Waals surface area contributed by atoms with Crippen LogP contribution >= 0.6 is 11.6 Å². The lowest BCUT2D eigenvalue weighted by molar-refractivity contribution is -0.132. The fourth-order valence-electron chi connectivity index (χ4n) is 3.28. The number of carbonyl (C=O) groups excluding carboxylic acids is 1. The summed E-state index contributed by atoms with van der Waals surface area (Å²) in [5.74, 6) is -1.76. The lowest BCUT2D eigenvalue weighted by Crippen LogP contribution is -2.27. The van der Waals surface area contributed by atoms with Crippen LogP contribution < -0.4 is 5.32 Å². The molecule has 3 aromatic carbocycles. The molecule has 0 saturated carbocycles. The molecule has 5 nitrogen and oxygen atoms in total. The molecule has 1 amide bonds. The van der Waals surface area contributed by atoms with Crippen molar-refractivity contribution in [2.45, 2.75) is 0 Å². The number of para-hydroxylation sites is 2. The van der Waals surface area contributed by atoms with Crippen molar-refractivity contribution in [1.82, 2.24) is 9.88 Å². The summed E-state index contributed by atoms with van der Waals surface area (Å²) in [6, 6.07) is 25.5. The van der Waals surface area contributed by atoms with Gasteiger partial charge in [0.1, 0.15) is 10.9 Å². The van der Waals surface area contributed by atoms with Crippen molar-refractivity contribution >= 4 is 40.5 Å². The summed E-state index contributed by atoms with van der Waals surface area (Å²) < 4.78 is 1.85. The second-order valence-electron chi connectivity index (χ2n) is 6.58. The van der Waals surface area contributed by atoms with Gasteiger partial charge in [-0.2, -0.15) is 0 Å². The van der Waals surface area contributed by atoms with Crippen molar-refractivity contribution in [1.29, 1.82) is 0 Å². The second kappa shape index (κ2) is 8.27. The molecule has 0 aliphatic carbocycles. The fourth-order valence-corrected chi connectivity index (χ4v) is 3.63. The highest BCUT2D eigenvalue weighted by Crippen LogP contribution is 2.34. The summed E-state index contributed by atoms with van der Waals surface area (Å²) in [6.07, 6.45) is 1.40. The Balaban J connectivity index is 1.83. The molecule has 0 atom stereocenters. The van der Waals surface area contributed by atoms with E-state index in [2.05, 4.69) is 5.32 Å². The Morgan fingerprint density at radius 1 is 0.867 bits per heavy atom. The predicted molar refractivity (Wildman–Crippen MR) is 118 cm³/mol. The molecular weight excluding hydrogens is 400 g/mol. The third kappa shape index (κ3) is 3.71. The van der Waals surface area contributed by atoms with Crippen molar-refractivity contribution in [3.05, 3.63) is 107 Å². The van der Waals surface area contributed by atoms with Gasteiger partial charge in [0, 0.05) is 22.2 Å². The Hall–Kier alpha value is -3.83. The first-order chi connectivity index (χ1) is 14.6. The summed E-state index contributed by atoms with van der Waals surface area (Å²) in [5.41, 5.74) is 2.30. The minimum absolute atomic E-state index is 0.262. The molecule has 0 unspecified atom stereocenters. The van der Waals surface area contributed by atoms with Gasteiger partial charge in [-0.25, -0.2) is 4.79 Å². The van der Waals surface area contributed by atoms with E-state index in [1.54, 1.807) is 30.3 Å². The number of carboxylic acid groups (broad SMARTS) is 1. The van der Waals surface area contributed by atoms with E-state index in [1.807, 2.05) is 59.2 Å². The molecule has 30 heavy (non-hydrogen) atoms. The number of nitrogens with one attached hydrogen (secondary N) is 1. The zero-order chi connectivity index (χ0) is 21.1. The minimum atomic E-state index is -1.26. The van der Waals surface area contributed by atoms with Crippen molar-refractivity contribution < 1.29 is 14.7 Å². The zero-order valence-electron chi connectivity index (χ0n) is 15.7. The number of amides is 1. The molecule has 4 rings (SSSR count). The summed E-state index contributed by atoms with van der Waals surface area (Å²) in [4.78, 5) is 24.3. The first-order valence-electron chi connectivity index (χ1n) is 9.22. The predicted octanol–water partition coefficient (Wildman–Crippen LogP) is 5.14. The Morgan fingerprint density at radius 2 is 1.47 bits per heavy atom. The maximum atomic E-state index is 12.5. The van der Waals surface area contributed by atoms with Crippen molar-refractivity contribution in [2.24, 2.45) is 0 Å². The molecule has 0 radical (unpaired) electrons. The van der Waals surface area contributed by atoms with E-state index < -0.39 is 11.9 Å². The maximum Gasteiger partial charge on any atom is 0.352 e. The topological polar surface area (TPSA) is 71.3 Å². The standard InChI is InChI=1S/C24H17ClN2O3/c25-22-19(15-20(24(29)30)26-23(28)16-9-3-1-4-10-16)18-13-7-8-14-21(18)27(22)17-11-5-2-6-12-17/h1-15H,(H,26,28)(H,29,30)/b20-15+. The van der Waals surface area contributed by atoms with Gasteiger partial charge in [-0.1, -0.05) is 66.2 Å². The molecule has 1 aromatic heterocycles.